The van der Waals surface area contributed by atoms with Crippen LogP contribution < -0.4 is 18.3 Å². The molecule has 22 rings (SSSR count). The SMILES string of the molecule is Cc1c(-c2cccc[n+]2C)c2c3ccccc3oc2c2ccccc12.Cc1cc[n+](C)c(-c2c(C)c3ccccc3c3oc4ccccc4c23)c1.[2H]C([2H])([2H])c1c[n+](C)c(-c2c(C)c3ccccc3c3c2oc2ccccc23)cc1-c1ccc(C)cc1.[2H]C([2H])([2H])c1c[n+](C)c(-c2c(C)c3ccccc3c3c2oc2ccccc23)cc1-c1ccccc1. The molecule has 0 saturated carbocycles. The van der Waals surface area contributed by atoms with Gasteiger partial charge in [0.05, 0.1) is 22.3 Å². The summed E-state index contributed by atoms with van der Waals surface area (Å²) in [6.45, 7) is 8.36. The summed E-state index contributed by atoms with van der Waals surface area (Å²) in [7, 11) is 8.02. The van der Waals surface area contributed by atoms with Crippen molar-refractivity contribution in [2.75, 3.05) is 0 Å². The Balaban J connectivity index is 0.000000108. The molecule has 0 bridgehead atoms. The Morgan fingerprint density at radius 1 is 0.241 bits per heavy atom. The molecule has 0 aliphatic heterocycles. The molecule has 0 radical (unpaired) electrons. The van der Waals surface area contributed by atoms with Crippen molar-refractivity contribution in [1.82, 2.24) is 0 Å². The zero-order valence-corrected chi connectivity index (χ0v) is 66.4. The van der Waals surface area contributed by atoms with E-state index in [0.717, 1.165) is 138 Å². The number of pyridine rings is 4. The third-order valence-electron chi connectivity index (χ3n) is 23.6. The molecule has 0 aliphatic carbocycles. The molecule has 0 fully saturated rings. The minimum atomic E-state index is -2.25. The number of aromatic nitrogens is 4. The topological polar surface area (TPSA) is 68.1 Å². The molecule has 0 unspecified atom stereocenters. The van der Waals surface area contributed by atoms with E-state index in [1.807, 2.05) is 151 Å². The molecule has 8 aromatic heterocycles. The van der Waals surface area contributed by atoms with Crippen LogP contribution in [-0.2, 0) is 28.2 Å². The van der Waals surface area contributed by atoms with Gasteiger partial charge in [-0.1, -0.05) is 230 Å². The predicted octanol–water partition coefficient (Wildman–Crippen LogP) is 26.7. The first-order valence-corrected chi connectivity index (χ1v) is 39.4. The van der Waals surface area contributed by atoms with Crippen LogP contribution in [0.4, 0.5) is 0 Å². The molecule has 8 nitrogen and oxygen atoms in total. The number of hydrogen-bond donors (Lipinski definition) is 0. The van der Waals surface area contributed by atoms with E-state index >= 15 is 0 Å². The van der Waals surface area contributed by atoms with Crippen LogP contribution in [0, 0.1) is 55.2 Å². The summed E-state index contributed by atoms with van der Waals surface area (Å²) >= 11 is 0. The first-order chi connectivity index (χ1) is 59.0. The fraction of sp³-hybridized carbons (Fsp3) is 0.111. The zero-order chi connectivity index (χ0) is 84.3. The van der Waals surface area contributed by atoms with Crippen LogP contribution in [0.3, 0.4) is 0 Å². The fourth-order valence-corrected chi connectivity index (χ4v) is 17.9. The number of furan rings is 4. The maximum atomic E-state index is 8.23. The molecular weight excluding hydrogens is 1420 g/mol. The summed E-state index contributed by atoms with van der Waals surface area (Å²) < 4.78 is 83.2. The summed E-state index contributed by atoms with van der Waals surface area (Å²) in [4.78, 5) is 0. The Morgan fingerprint density at radius 2 is 0.569 bits per heavy atom. The second kappa shape index (κ2) is 29.1. The molecular formula is C108H88N4O4+4. The number of hydrogen-bond acceptors (Lipinski definition) is 4. The number of para-hydroxylation sites is 4. The lowest BCUT2D eigenvalue weighted by atomic mass is 9.91. The summed E-state index contributed by atoms with van der Waals surface area (Å²) in [6.07, 6.45) is 7.72. The highest BCUT2D eigenvalue weighted by Gasteiger charge is 2.30. The van der Waals surface area contributed by atoms with Crippen LogP contribution in [0.2, 0.25) is 0 Å². The Labute approximate surface area is 682 Å². The van der Waals surface area contributed by atoms with E-state index in [1.54, 1.807) is 12.4 Å². The Bertz CT molecular complexity index is 7990. The van der Waals surface area contributed by atoms with Crippen molar-refractivity contribution < 1.29 is 44.2 Å². The van der Waals surface area contributed by atoms with E-state index < -0.39 is 13.7 Å². The fourth-order valence-electron chi connectivity index (χ4n) is 17.9. The van der Waals surface area contributed by atoms with Gasteiger partial charge in [-0.3, -0.25) is 0 Å². The van der Waals surface area contributed by atoms with Crippen LogP contribution in [0.25, 0.3) is 198 Å². The molecule has 8 heterocycles. The van der Waals surface area contributed by atoms with E-state index in [1.165, 1.54) is 82.3 Å². The third-order valence-corrected chi connectivity index (χ3v) is 23.6. The van der Waals surface area contributed by atoms with E-state index in [9.17, 15) is 0 Å². The Kier molecular flexibility index (Phi) is 16.5. The molecule has 0 spiro atoms. The third kappa shape index (κ3) is 12.1. The molecule has 14 aromatic carbocycles. The summed E-state index contributed by atoms with van der Waals surface area (Å²) in [5.74, 6) is 0. The molecule has 8 heteroatoms. The average Bonchev–Trinajstić information content (AvgIpc) is 1.53. The minimum Gasteiger partial charge on any atom is -0.455 e. The lowest BCUT2D eigenvalue weighted by Crippen LogP contribution is -2.31. The zero-order valence-electron chi connectivity index (χ0n) is 72.4. The van der Waals surface area contributed by atoms with Crippen molar-refractivity contribution >= 4 is 131 Å². The Hall–Kier alpha value is -14.1. The maximum Gasteiger partial charge on any atom is 0.217 e. The van der Waals surface area contributed by atoms with Crippen molar-refractivity contribution in [1.29, 1.82) is 0 Å². The number of aryl methyl sites for hydroxylation is 12. The molecule has 560 valence electrons. The number of rotatable bonds is 6. The monoisotopic (exact) mass is 1510 g/mol. The molecule has 0 aliphatic rings. The van der Waals surface area contributed by atoms with Gasteiger partial charge < -0.3 is 17.7 Å². The van der Waals surface area contributed by atoms with Crippen LogP contribution in [0.5, 0.6) is 0 Å². The summed E-state index contributed by atoms with van der Waals surface area (Å²) in [5, 5.41) is 18.5. The van der Waals surface area contributed by atoms with Gasteiger partial charge in [-0.15, -0.1) is 0 Å². The quantitative estimate of drug-likeness (QED) is 0.156. The lowest BCUT2D eigenvalue weighted by Gasteiger charge is -2.13. The highest BCUT2D eigenvalue weighted by molar-refractivity contribution is 6.27. The number of benzene rings is 14. The molecule has 116 heavy (non-hydrogen) atoms. The molecule has 0 atom stereocenters. The Morgan fingerprint density at radius 3 is 1.00 bits per heavy atom. The van der Waals surface area contributed by atoms with Gasteiger partial charge in [0.2, 0.25) is 22.8 Å². The summed E-state index contributed by atoms with van der Waals surface area (Å²) in [5.41, 5.74) is 26.8. The first-order valence-electron chi connectivity index (χ1n) is 42.4. The van der Waals surface area contributed by atoms with Crippen molar-refractivity contribution in [2.45, 2.75) is 55.2 Å². The van der Waals surface area contributed by atoms with Crippen molar-refractivity contribution in [2.24, 2.45) is 28.2 Å². The van der Waals surface area contributed by atoms with Crippen LogP contribution >= 0.6 is 0 Å². The standard InChI is InChI=1S/C31H26NO.C30H24NO.C24H20NO.C23H18NO/c1-19-13-15-22(16-14-19)26-17-27(32(4)18-20(26)2)29-21(3)23-9-5-6-10-24(23)30-25-11-7-8-12-28(25)33-31(29)30;1-19-18-31(3)26(17-25(19)21-11-5-4-6-12-21)28-20(2)22-13-7-8-14-23(22)29-24-15-9-10-16-27(24)32-30(28)29;1-15-12-13-25(3)20(14-15)22-16(2)17-8-4-5-9-18(17)24-23(22)19-10-6-7-11-21(19)26-24;1-15-16-9-3-4-10-17(16)23-22(18-11-5-6-13-20(18)25-23)21(15)19-12-7-8-14-24(19)2/h5-18H,1-4H3;4-18H,1-3H3;4-14H,1-3H3;3-14H,1-2H3/q4*+1/i2D3;1D3;;. The van der Waals surface area contributed by atoms with Crippen LogP contribution in [0.1, 0.15) is 52.7 Å². The molecule has 0 saturated heterocycles. The van der Waals surface area contributed by atoms with Gasteiger partial charge >= 0.3 is 0 Å². The molecule has 0 amide bonds. The van der Waals surface area contributed by atoms with Crippen molar-refractivity contribution in [3.05, 3.63) is 360 Å². The van der Waals surface area contributed by atoms with Crippen molar-refractivity contribution in [3.8, 4) is 67.3 Å². The van der Waals surface area contributed by atoms with E-state index in [-0.39, 0.29) is 0 Å². The largest absolute Gasteiger partial charge is 0.455 e. The number of fused-ring (bicyclic) bond motifs is 20. The second-order valence-corrected chi connectivity index (χ2v) is 30.7. The molecule has 0 N–H and O–H groups in total. The van der Waals surface area contributed by atoms with Gasteiger partial charge in [0.1, 0.15) is 72.9 Å². The van der Waals surface area contributed by atoms with E-state index in [4.69, 9.17) is 25.9 Å². The van der Waals surface area contributed by atoms with Crippen LogP contribution in [-0.4, -0.2) is 0 Å². The normalized spacial score (nSPS) is 12.6. The highest BCUT2D eigenvalue weighted by atomic mass is 16.3. The molecule has 22 aromatic rings. The van der Waals surface area contributed by atoms with Crippen LogP contribution in [0.15, 0.2) is 334 Å². The van der Waals surface area contributed by atoms with Gasteiger partial charge in [0, 0.05) is 110 Å². The predicted molar refractivity (Wildman–Crippen MR) is 480 cm³/mol. The van der Waals surface area contributed by atoms with Gasteiger partial charge in [0.15, 0.2) is 24.8 Å². The van der Waals surface area contributed by atoms with Gasteiger partial charge in [0.25, 0.3) is 0 Å². The van der Waals surface area contributed by atoms with Gasteiger partial charge in [-0.25, -0.2) is 18.3 Å². The average molecular weight is 1510 g/mol. The second-order valence-electron chi connectivity index (χ2n) is 30.7. The van der Waals surface area contributed by atoms with Gasteiger partial charge in [-0.05, 0) is 168 Å². The highest BCUT2D eigenvalue weighted by Crippen LogP contribution is 2.49. The lowest BCUT2D eigenvalue weighted by molar-refractivity contribution is -0.660. The van der Waals surface area contributed by atoms with E-state index in [0.29, 0.717) is 22.3 Å². The maximum absolute atomic E-state index is 8.23. The summed E-state index contributed by atoms with van der Waals surface area (Å²) in [6, 6.07) is 99.2. The number of nitrogens with zero attached hydrogens (tertiary/aromatic N) is 4. The first kappa shape index (κ1) is 65.5. The van der Waals surface area contributed by atoms with Crippen molar-refractivity contribution in [3.63, 3.8) is 0 Å². The van der Waals surface area contributed by atoms with E-state index in [2.05, 4.69) is 240 Å². The van der Waals surface area contributed by atoms with Gasteiger partial charge in [-0.2, -0.15) is 0 Å². The minimum absolute atomic E-state index is 0.328. The smallest absolute Gasteiger partial charge is 0.217 e.